The van der Waals surface area contributed by atoms with Gasteiger partial charge in [-0.25, -0.2) is 4.79 Å². The largest absolute Gasteiger partial charge is 0.497 e. The molecule has 9 heteroatoms. The smallest absolute Gasteiger partial charge is 0.439 e. The van der Waals surface area contributed by atoms with Crippen LogP contribution in [0.2, 0.25) is 5.02 Å². The molecule has 0 aliphatic heterocycles. The van der Waals surface area contributed by atoms with Crippen molar-refractivity contribution in [2.45, 2.75) is 0 Å². The van der Waals surface area contributed by atoms with Crippen LogP contribution in [0.3, 0.4) is 0 Å². The van der Waals surface area contributed by atoms with Crippen LogP contribution in [0.4, 0.5) is 5.69 Å². The first-order chi connectivity index (χ1) is 13.5. The first kappa shape index (κ1) is 17.9. The van der Waals surface area contributed by atoms with E-state index in [1.807, 2.05) is 18.2 Å². The third-order valence-corrected chi connectivity index (χ3v) is 4.65. The van der Waals surface area contributed by atoms with E-state index in [0.717, 1.165) is 10.9 Å². The van der Waals surface area contributed by atoms with Crippen molar-refractivity contribution in [3.63, 3.8) is 0 Å². The van der Waals surface area contributed by atoms with Gasteiger partial charge in [0.05, 0.1) is 18.3 Å². The molecule has 2 N–H and O–H groups in total. The number of H-pyrrole nitrogens is 1. The predicted octanol–water partition coefficient (Wildman–Crippen LogP) is 3.44. The molecule has 142 valence electrons. The van der Waals surface area contributed by atoms with Gasteiger partial charge in [-0.2, -0.15) is 0 Å². The summed E-state index contributed by atoms with van der Waals surface area (Å²) in [4.78, 5) is 26.7. The average molecular weight is 399 g/mol. The molecule has 4 aromatic rings. The van der Waals surface area contributed by atoms with Crippen molar-refractivity contribution in [3.05, 3.63) is 63.7 Å². The van der Waals surface area contributed by atoms with Crippen molar-refractivity contribution < 1.29 is 14.1 Å². The first-order valence-electron chi connectivity index (χ1n) is 8.27. The number of aryl methyl sites for hydroxylation is 1. The minimum Gasteiger partial charge on any atom is -0.497 e. The van der Waals surface area contributed by atoms with E-state index in [-0.39, 0.29) is 11.7 Å². The molecular formula is C19H15ClN4O4. The molecule has 0 spiro atoms. The van der Waals surface area contributed by atoms with Crippen LogP contribution < -0.4 is 15.8 Å². The van der Waals surface area contributed by atoms with Crippen LogP contribution in [0.1, 0.15) is 10.5 Å². The maximum absolute atomic E-state index is 12.9. The third-order valence-electron chi connectivity index (χ3n) is 4.41. The summed E-state index contributed by atoms with van der Waals surface area (Å²) < 4.78 is 11.6. The molecule has 28 heavy (non-hydrogen) atoms. The molecule has 0 radical (unpaired) electrons. The second kappa shape index (κ2) is 6.90. The van der Waals surface area contributed by atoms with Gasteiger partial charge in [0.2, 0.25) is 0 Å². The van der Waals surface area contributed by atoms with Gasteiger partial charge in [0.25, 0.3) is 5.91 Å². The molecule has 0 atom stereocenters. The molecule has 8 nitrogen and oxygen atoms in total. The Morgan fingerprint density at radius 1 is 1.25 bits per heavy atom. The molecule has 0 unspecified atom stereocenters. The van der Waals surface area contributed by atoms with Crippen LogP contribution in [0.5, 0.6) is 5.75 Å². The molecule has 0 fully saturated rings. The van der Waals surface area contributed by atoms with Gasteiger partial charge >= 0.3 is 5.76 Å². The Bertz CT molecular complexity index is 1250. The van der Waals surface area contributed by atoms with E-state index in [4.69, 9.17) is 16.3 Å². The van der Waals surface area contributed by atoms with Gasteiger partial charge < -0.3 is 14.6 Å². The van der Waals surface area contributed by atoms with Gasteiger partial charge in [-0.15, -0.1) is 0 Å². The van der Waals surface area contributed by atoms with Crippen LogP contribution in [-0.4, -0.2) is 27.7 Å². The first-order valence-corrected chi connectivity index (χ1v) is 8.65. The van der Waals surface area contributed by atoms with Crippen LogP contribution >= 0.6 is 11.6 Å². The number of nitrogens with one attached hydrogen (secondary N) is 2. The molecule has 0 saturated heterocycles. The summed E-state index contributed by atoms with van der Waals surface area (Å²) in [5.74, 6) is -0.151. The van der Waals surface area contributed by atoms with Crippen molar-refractivity contribution in [2.75, 3.05) is 12.4 Å². The van der Waals surface area contributed by atoms with Gasteiger partial charge in [0.1, 0.15) is 11.4 Å². The lowest BCUT2D eigenvalue weighted by Crippen LogP contribution is -2.16. The lowest BCUT2D eigenvalue weighted by atomic mass is 10.1. The zero-order valence-electron chi connectivity index (χ0n) is 14.9. The molecule has 2 aromatic carbocycles. The summed E-state index contributed by atoms with van der Waals surface area (Å²) in [7, 11) is 3.39. The summed E-state index contributed by atoms with van der Waals surface area (Å²) in [6.45, 7) is 0. The number of nitrogens with zero attached hydrogens (tertiary/aromatic N) is 2. The summed E-state index contributed by atoms with van der Waals surface area (Å²) in [5, 5.41) is 7.84. The maximum Gasteiger partial charge on any atom is 0.439 e. The molecule has 2 aromatic heterocycles. The highest BCUT2D eigenvalue weighted by Crippen LogP contribution is 2.29. The van der Waals surface area contributed by atoms with E-state index in [0.29, 0.717) is 27.7 Å². The van der Waals surface area contributed by atoms with Gasteiger partial charge in [-0.1, -0.05) is 16.8 Å². The normalized spacial score (nSPS) is 11.0. The molecule has 4 rings (SSSR count). The van der Waals surface area contributed by atoms with Crippen molar-refractivity contribution in [1.82, 2.24) is 14.7 Å². The predicted molar refractivity (Wildman–Crippen MR) is 105 cm³/mol. The lowest BCUT2D eigenvalue weighted by molar-refractivity contribution is 0.102. The highest BCUT2D eigenvalue weighted by molar-refractivity contribution is 6.31. The molecule has 0 aliphatic rings. The van der Waals surface area contributed by atoms with Crippen LogP contribution in [-0.2, 0) is 7.05 Å². The number of fused-ring (bicyclic) bond motifs is 1. The summed E-state index contributed by atoms with van der Waals surface area (Å²) >= 11 is 6.06. The number of aromatic nitrogens is 3. The van der Waals surface area contributed by atoms with E-state index in [1.54, 1.807) is 43.0 Å². The number of rotatable bonds is 4. The number of methoxy groups -OCH3 is 1. The standard InChI is InChI=1S/C19H15ClN4O4/c1-24-15-9-12(27-2)5-3-10(15)7-16(24)18(25)21-14-6-4-11(20)8-13(14)17-22-19(26)28-23-17/h3-9H,1-2H3,(H,21,25)(H,22,23,26). The van der Waals surface area contributed by atoms with Gasteiger partial charge in [0, 0.05) is 29.1 Å². The average Bonchev–Trinajstić information content (AvgIpc) is 3.26. The Morgan fingerprint density at radius 3 is 2.79 bits per heavy atom. The molecule has 0 saturated carbocycles. The number of ether oxygens (including phenoxy) is 1. The number of amides is 1. The number of hydrogen-bond acceptors (Lipinski definition) is 5. The van der Waals surface area contributed by atoms with E-state index in [1.165, 1.54) is 0 Å². The van der Waals surface area contributed by atoms with E-state index in [9.17, 15) is 9.59 Å². The van der Waals surface area contributed by atoms with Crippen molar-refractivity contribution >= 4 is 34.1 Å². The SMILES string of the molecule is COc1ccc2cc(C(=O)Nc3ccc(Cl)cc3-c3noc(=O)[nH]3)n(C)c2c1. The lowest BCUT2D eigenvalue weighted by Gasteiger charge is -2.10. The van der Waals surface area contributed by atoms with Crippen molar-refractivity contribution in [3.8, 4) is 17.1 Å². The quantitative estimate of drug-likeness (QED) is 0.548. The minimum absolute atomic E-state index is 0.171. The zero-order valence-corrected chi connectivity index (χ0v) is 15.7. The molecule has 0 aliphatic carbocycles. The molecule has 0 bridgehead atoms. The number of anilines is 1. The summed E-state index contributed by atoms with van der Waals surface area (Å²) in [6, 6.07) is 12.2. The zero-order chi connectivity index (χ0) is 19.8. The minimum atomic E-state index is -0.699. The van der Waals surface area contributed by atoms with E-state index in [2.05, 4.69) is 20.0 Å². The molecule has 1 amide bonds. The fourth-order valence-electron chi connectivity index (χ4n) is 3.01. The van der Waals surface area contributed by atoms with Crippen LogP contribution in [0.15, 0.2) is 51.8 Å². The summed E-state index contributed by atoms with van der Waals surface area (Å²) in [5.41, 5.74) is 2.19. The Morgan fingerprint density at radius 2 is 2.07 bits per heavy atom. The van der Waals surface area contributed by atoms with Gasteiger partial charge in [0.15, 0.2) is 5.82 Å². The monoisotopic (exact) mass is 398 g/mol. The molecular weight excluding hydrogens is 384 g/mol. The maximum atomic E-state index is 12.9. The fourth-order valence-corrected chi connectivity index (χ4v) is 3.18. The number of carbonyl (C=O) groups is 1. The fraction of sp³-hybridized carbons (Fsp3) is 0.105. The van der Waals surface area contributed by atoms with Gasteiger partial charge in [-0.05, 0) is 36.4 Å². The van der Waals surface area contributed by atoms with E-state index >= 15 is 0 Å². The third kappa shape index (κ3) is 3.14. The number of benzene rings is 2. The number of carbonyl (C=O) groups excluding carboxylic acids is 1. The topological polar surface area (TPSA) is 102 Å². The Balaban J connectivity index is 1.72. The van der Waals surface area contributed by atoms with Crippen LogP contribution in [0, 0.1) is 0 Å². The van der Waals surface area contributed by atoms with Crippen LogP contribution in [0.25, 0.3) is 22.3 Å². The number of halogens is 1. The molecule has 2 heterocycles. The second-order valence-corrected chi connectivity index (χ2v) is 6.54. The summed E-state index contributed by atoms with van der Waals surface area (Å²) in [6.07, 6.45) is 0. The van der Waals surface area contributed by atoms with Crippen molar-refractivity contribution in [2.24, 2.45) is 7.05 Å². The Hall–Kier alpha value is -3.52. The number of aromatic amines is 1. The highest BCUT2D eigenvalue weighted by Gasteiger charge is 2.17. The highest BCUT2D eigenvalue weighted by atomic mass is 35.5. The van der Waals surface area contributed by atoms with Crippen molar-refractivity contribution in [1.29, 1.82) is 0 Å². The van der Waals surface area contributed by atoms with Gasteiger partial charge in [-0.3, -0.25) is 14.3 Å². The second-order valence-electron chi connectivity index (χ2n) is 6.10. The Labute approximate surface area is 163 Å². The Kier molecular flexibility index (Phi) is 4.40. The number of hydrogen-bond donors (Lipinski definition) is 2. The van der Waals surface area contributed by atoms with E-state index < -0.39 is 5.76 Å².